The molecule has 25 heavy (non-hydrogen) atoms. The first kappa shape index (κ1) is 17.7. The summed E-state index contributed by atoms with van der Waals surface area (Å²) in [5, 5.41) is 1.97. The van der Waals surface area contributed by atoms with E-state index in [0.717, 1.165) is 37.1 Å². The van der Waals surface area contributed by atoms with Crippen molar-refractivity contribution < 1.29 is 9.59 Å². The molecule has 134 valence electrons. The van der Waals surface area contributed by atoms with Gasteiger partial charge in [-0.25, -0.2) is 4.98 Å². The van der Waals surface area contributed by atoms with Crippen LogP contribution in [-0.4, -0.2) is 39.4 Å². The number of rotatable bonds is 6. The first-order chi connectivity index (χ1) is 12.1. The lowest BCUT2D eigenvalue weighted by Crippen LogP contribution is -2.38. The summed E-state index contributed by atoms with van der Waals surface area (Å²) < 4.78 is 1.82. The number of primary amides is 1. The fourth-order valence-electron chi connectivity index (χ4n) is 3.38. The number of likely N-dealkylation sites (tertiary alicyclic amines) is 1. The van der Waals surface area contributed by atoms with Crippen LogP contribution in [0.2, 0.25) is 0 Å². The molecule has 0 aliphatic carbocycles. The van der Waals surface area contributed by atoms with E-state index in [9.17, 15) is 9.59 Å². The molecule has 1 fully saturated rings. The fraction of sp³-hybridized carbons (Fsp3) is 0.500. The van der Waals surface area contributed by atoms with Gasteiger partial charge in [-0.05, 0) is 25.3 Å². The molecule has 3 heterocycles. The van der Waals surface area contributed by atoms with Gasteiger partial charge in [0.1, 0.15) is 12.4 Å². The van der Waals surface area contributed by atoms with Crippen molar-refractivity contribution in [2.45, 2.75) is 45.1 Å². The summed E-state index contributed by atoms with van der Waals surface area (Å²) in [7, 11) is 0. The van der Waals surface area contributed by atoms with E-state index in [0.29, 0.717) is 13.1 Å². The number of nitrogens with zero attached hydrogens (tertiary/aromatic N) is 3. The van der Waals surface area contributed by atoms with Gasteiger partial charge in [-0.2, -0.15) is 0 Å². The van der Waals surface area contributed by atoms with E-state index in [1.165, 1.54) is 4.88 Å². The Morgan fingerprint density at radius 3 is 2.80 bits per heavy atom. The van der Waals surface area contributed by atoms with Crippen LogP contribution in [0.15, 0.2) is 23.8 Å². The molecule has 7 heteroatoms. The Balaban J connectivity index is 1.60. The average Bonchev–Trinajstić information content (AvgIpc) is 3.24. The third-order valence-corrected chi connectivity index (χ3v) is 5.61. The van der Waals surface area contributed by atoms with Gasteiger partial charge in [-0.3, -0.25) is 9.59 Å². The van der Waals surface area contributed by atoms with Crippen molar-refractivity contribution in [3.8, 4) is 0 Å². The number of carbonyl (C=O) groups is 2. The van der Waals surface area contributed by atoms with Crippen molar-refractivity contribution in [2.75, 3.05) is 13.1 Å². The van der Waals surface area contributed by atoms with Crippen LogP contribution < -0.4 is 5.73 Å². The van der Waals surface area contributed by atoms with E-state index in [1.54, 1.807) is 23.7 Å². The SMILES string of the molecule is CCCc1cc(C(=O)N2CCC(c3nccn3CC(N)=O)CC2)cs1. The number of aryl methyl sites for hydroxylation is 1. The zero-order valence-electron chi connectivity index (χ0n) is 14.5. The normalized spacial score (nSPS) is 15.5. The highest BCUT2D eigenvalue weighted by Crippen LogP contribution is 2.28. The van der Waals surface area contributed by atoms with Crippen LogP contribution in [0.3, 0.4) is 0 Å². The molecule has 0 radical (unpaired) electrons. The molecule has 1 aliphatic heterocycles. The lowest BCUT2D eigenvalue weighted by molar-refractivity contribution is -0.118. The summed E-state index contributed by atoms with van der Waals surface area (Å²) in [6.07, 6.45) is 7.33. The molecule has 2 aromatic rings. The molecule has 0 atom stereocenters. The summed E-state index contributed by atoms with van der Waals surface area (Å²) in [4.78, 5) is 31.4. The topological polar surface area (TPSA) is 81.2 Å². The Morgan fingerprint density at radius 2 is 2.12 bits per heavy atom. The van der Waals surface area contributed by atoms with E-state index < -0.39 is 0 Å². The monoisotopic (exact) mass is 360 g/mol. The second kappa shape index (κ2) is 7.82. The van der Waals surface area contributed by atoms with E-state index in [-0.39, 0.29) is 24.3 Å². The largest absolute Gasteiger partial charge is 0.368 e. The molecule has 0 bridgehead atoms. The molecule has 1 aliphatic rings. The van der Waals surface area contributed by atoms with Crippen LogP contribution >= 0.6 is 11.3 Å². The average molecular weight is 360 g/mol. The lowest BCUT2D eigenvalue weighted by Gasteiger charge is -2.31. The second-order valence-electron chi connectivity index (χ2n) is 6.50. The number of amides is 2. The van der Waals surface area contributed by atoms with Crippen molar-refractivity contribution in [1.82, 2.24) is 14.5 Å². The minimum absolute atomic E-state index is 0.123. The molecule has 6 nitrogen and oxygen atoms in total. The first-order valence-corrected chi connectivity index (χ1v) is 9.62. The molecule has 0 unspecified atom stereocenters. The smallest absolute Gasteiger partial charge is 0.254 e. The molecule has 2 amide bonds. The van der Waals surface area contributed by atoms with Crippen LogP contribution in [0.4, 0.5) is 0 Å². The summed E-state index contributed by atoms with van der Waals surface area (Å²) in [5.74, 6) is 0.910. The molecule has 2 N–H and O–H groups in total. The van der Waals surface area contributed by atoms with Gasteiger partial charge in [0.25, 0.3) is 5.91 Å². The molecule has 0 saturated carbocycles. The molecule has 0 spiro atoms. The highest BCUT2D eigenvalue weighted by molar-refractivity contribution is 7.10. The maximum atomic E-state index is 12.7. The summed E-state index contributed by atoms with van der Waals surface area (Å²) in [6, 6.07) is 2.03. The summed E-state index contributed by atoms with van der Waals surface area (Å²) in [5.41, 5.74) is 6.10. The minimum Gasteiger partial charge on any atom is -0.368 e. The van der Waals surface area contributed by atoms with Gasteiger partial charge in [-0.15, -0.1) is 11.3 Å². The van der Waals surface area contributed by atoms with E-state index in [2.05, 4.69) is 11.9 Å². The van der Waals surface area contributed by atoms with Crippen LogP contribution in [0.1, 0.15) is 53.2 Å². The highest BCUT2D eigenvalue weighted by Gasteiger charge is 2.27. The van der Waals surface area contributed by atoms with Crippen molar-refractivity contribution >= 4 is 23.2 Å². The Labute approximate surface area is 151 Å². The van der Waals surface area contributed by atoms with Crippen molar-refractivity contribution in [1.29, 1.82) is 0 Å². The predicted octanol–water partition coefficient (Wildman–Crippen LogP) is 2.40. The van der Waals surface area contributed by atoms with Crippen LogP contribution in [0, 0.1) is 0 Å². The third kappa shape index (κ3) is 4.10. The maximum Gasteiger partial charge on any atom is 0.254 e. The molecular formula is C18H24N4O2S. The number of piperidine rings is 1. The quantitative estimate of drug-likeness (QED) is 0.859. The third-order valence-electron chi connectivity index (χ3n) is 4.62. The Bertz CT molecular complexity index is 744. The second-order valence-corrected chi connectivity index (χ2v) is 7.49. The Hall–Kier alpha value is -2.15. The number of imidazole rings is 1. The predicted molar refractivity (Wildman–Crippen MR) is 97.6 cm³/mol. The van der Waals surface area contributed by atoms with Crippen LogP contribution in [-0.2, 0) is 17.8 Å². The lowest BCUT2D eigenvalue weighted by atomic mass is 9.95. The maximum absolute atomic E-state index is 12.7. The van der Waals surface area contributed by atoms with Gasteiger partial charge in [0, 0.05) is 41.7 Å². The Kier molecular flexibility index (Phi) is 5.53. The van der Waals surface area contributed by atoms with Crippen molar-refractivity contribution in [2.24, 2.45) is 5.73 Å². The van der Waals surface area contributed by atoms with Gasteiger partial charge >= 0.3 is 0 Å². The van der Waals surface area contributed by atoms with Crippen LogP contribution in [0.25, 0.3) is 0 Å². The zero-order chi connectivity index (χ0) is 17.8. The van der Waals surface area contributed by atoms with E-state index in [4.69, 9.17) is 5.73 Å². The van der Waals surface area contributed by atoms with E-state index >= 15 is 0 Å². The molecule has 3 rings (SSSR count). The van der Waals surface area contributed by atoms with Gasteiger partial charge in [0.05, 0.1) is 5.56 Å². The molecule has 2 aromatic heterocycles. The zero-order valence-corrected chi connectivity index (χ0v) is 15.3. The van der Waals surface area contributed by atoms with Crippen molar-refractivity contribution in [3.05, 3.63) is 40.1 Å². The fourth-order valence-corrected chi connectivity index (χ4v) is 4.34. The first-order valence-electron chi connectivity index (χ1n) is 8.74. The van der Waals surface area contributed by atoms with Crippen LogP contribution in [0.5, 0.6) is 0 Å². The number of thiophene rings is 1. The number of aromatic nitrogens is 2. The molecule has 0 aromatic carbocycles. The van der Waals surface area contributed by atoms with Gasteiger partial charge < -0.3 is 15.2 Å². The number of carbonyl (C=O) groups excluding carboxylic acids is 2. The van der Waals surface area contributed by atoms with Gasteiger partial charge in [0.2, 0.25) is 5.91 Å². The molecule has 1 saturated heterocycles. The molecular weight excluding hydrogens is 336 g/mol. The summed E-state index contributed by atoms with van der Waals surface area (Å²) in [6.45, 7) is 3.73. The number of hydrogen-bond donors (Lipinski definition) is 1. The Morgan fingerprint density at radius 1 is 1.36 bits per heavy atom. The summed E-state index contributed by atoms with van der Waals surface area (Å²) >= 11 is 1.67. The highest BCUT2D eigenvalue weighted by atomic mass is 32.1. The van der Waals surface area contributed by atoms with Gasteiger partial charge in [-0.1, -0.05) is 13.3 Å². The van der Waals surface area contributed by atoms with E-state index in [1.807, 2.05) is 20.9 Å². The number of hydrogen-bond acceptors (Lipinski definition) is 4. The van der Waals surface area contributed by atoms with Crippen molar-refractivity contribution in [3.63, 3.8) is 0 Å². The number of nitrogens with two attached hydrogens (primary N) is 1. The minimum atomic E-state index is -0.368. The van der Waals surface area contributed by atoms with Gasteiger partial charge in [0.15, 0.2) is 0 Å². The standard InChI is InChI=1S/C18H24N4O2S/c1-2-3-15-10-14(12-25-15)18(24)21-7-4-13(5-8-21)17-20-6-9-22(17)11-16(19)23/h6,9-10,12-13H,2-5,7-8,11H2,1H3,(H2,19,23).